The summed E-state index contributed by atoms with van der Waals surface area (Å²) in [7, 11) is 0. The van der Waals surface area contributed by atoms with Crippen LogP contribution in [0.2, 0.25) is 0 Å². The highest BCUT2D eigenvalue weighted by Crippen LogP contribution is 2.21. The molecule has 0 bridgehead atoms. The van der Waals surface area contributed by atoms with Crippen molar-refractivity contribution in [2.75, 3.05) is 11.9 Å². The van der Waals surface area contributed by atoms with E-state index >= 15 is 0 Å². The van der Waals surface area contributed by atoms with E-state index in [-0.39, 0.29) is 24.0 Å². The Balaban J connectivity index is 1.32. The number of carbonyl (C=O) groups excluding carboxylic acids is 2. The number of aromatic nitrogens is 3. The van der Waals surface area contributed by atoms with Gasteiger partial charge in [0.1, 0.15) is 0 Å². The molecular weight excluding hydrogens is 382 g/mol. The third kappa shape index (κ3) is 4.67. The van der Waals surface area contributed by atoms with Gasteiger partial charge < -0.3 is 15.2 Å². The van der Waals surface area contributed by atoms with Crippen molar-refractivity contribution in [1.29, 1.82) is 0 Å². The Labute approximate surface area is 172 Å². The Morgan fingerprint density at radius 1 is 0.967 bits per heavy atom. The zero-order valence-corrected chi connectivity index (χ0v) is 16.0. The summed E-state index contributed by atoms with van der Waals surface area (Å²) in [4.78, 5) is 32.8. The molecular formula is C22H19N5O3. The standard InChI is InChI=1S/C22H19N5O3/c28-20(25-18-10-4-9-17-16(18)8-5-12-23-17)14-19-26-22(30-27-19)21(29)24-13-11-15-6-2-1-3-7-15/h1-10,12H,11,13-14H2,(H,24,29)(H,25,28). The van der Waals surface area contributed by atoms with Gasteiger partial charge in [-0.15, -0.1) is 0 Å². The average molecular weight is 401 g/mol. The van der Waals surface area contributed by atoms with Crippen LogP contribution in [0.1, 0.15) is 22.1 Å². The van der Waals surface area contributed by atoms with Gasteiger partial charge in [-0.05, 0) is 36.2 Å². The summed E-state index contributed by atoms with van der Waals surface area (Å²) in [6, 6.07) is 19.0. The minimum atomic E-state index is -0.467. The quantitative estimate of drug-likeness (QED) is 0.493. The second kappa shape index (κ2) is 8.95. The summed E-state index contributed by atoms with van der Waals surface area (Å²) < 4.78 is 4.99. The molecule has 0 radical (unpaired) electrons. The maximum atomic E-state index is 12.4. The van der Waals surface area contributed by atoms with Crippen molar-refractivity contribution < 1.29 is 14.1 Å². The molecule has 0 fully saturated rings. The van der Waals surface area contributed by atoms with Crippen molar-refractivity contribution in [3.8, 4) is 0 Å². The van der Waals surface area contributed by atoms with E-state index in [0.717, 1.165) is 16.5 Å². The molecule has 8 heteroatoms. The lowest BCUT2D eigenvalue weighted by molar-refractivity contribution is -0.115. The third-order valence-corrected chi connectivity index (χ3v) is 4.44. The minimum absolute atomic E-state index is 0.114. The van der Waals surface area contributed by atoms with Crippen LogP contribution in [0.25, 0.3) is 10.9 Å². The van der Waals surface area contributed by atoms with E-state index in [9.17, 15) is 9.59 Å². The summed E-state index contributed by atoms with van der Waals surface area (Å²) in [5, 5.41) is 10.1. The third-order valence-electron chi connectivity index (χ3n) is 4.44. The number of nitrogens with zero attached hydrogens (tertiary/aromatic N) is 3. The molecule has 4 aromatic rings. The van der Waals surface area contributed by atoms with Gasteiger partial charge in [0, 0.05) is 18.1 Å². The van der Waals surface area contributed by atoms with Crippen LogP contribution in [-0.2, 0) is 17.6 Å². The largest absolute Gasteiger partial charge is 0.347 e. The summed E-state index contributed by atoms with van der Waals surface area (Å²) in [5.74, 6) is -0.812. The molecule has 0 spiro atoms. The monoisotopic (exact) mass is 401 g/mol. The van der Waals surface area contributed by atoms with Crippen LogP contribution in [0.3, 0.4) is 0 Å². The van der Waals surface area contributed by atoms with Crippen molar-refractivity contribution in [2.45, 2.75) is 12.8 Å². The molecule has 150 valence electrons. The highest BCUT2D eigenvalue weighted by molar-refractivity contribution is 6.01. The van der Waals surface area contributed by atoms with E-state index in [0.29, 0.717) is 18.7 Å². The molecule has 4 rings (SSSR count). The van der Waals surface area contributed by atoms with Crippen molar-refractivity contribution in [1.82, 2.24) is 20.4 Å². The number of pyridine rings is 1. The van der Waals surface area contributed by atoms with E-state index in [4.69, 9.17) is 4.52 Å². The van der Waals surface area contributed by atoms with E-state index < -0.39 is 5.91 Å². The van der Waals surface area contributed by atoms with Crippen LogP contribution < -0.4 is 10.6 Å². The van der Waals surface area contributed by atoms with Crippen LogP contribution in [0.4, 0.5) is 5.69 Å². The summed E-state index contributed by atoms with van der Waals surface area (Å²) in [6.07, 6.45) is 2.27. The number of hydrogen-bond donors (Lipinski definition) is 2. The molecule has 2 amide bonds. The SMILES string of the molecule is O=C(Cc1noc(C(=O)NCCc2ccccc2)n1)Nc1cccc2ncccc12. The summed E-state index contributed by atoms with van der Waals surface area (Å²) in [5.41, 5.74) is 2.54. The molecule has 0 saturated carbocycles. The van der Waals surface area contributed by atoms with Gasteiger partial charge in [0.05, 0.1) is 17.6 Å². The van der Waals surface area contributed by atoms with Crippen molar-refractivity contribution in [3.05, 3.63) is 84.1 Å². The second-order valence-electron chi connectivity index (χ2n) is 6.61. The zero-order chi connectivity index (χ0) is 20.8. The van der Waals surface area contributed by atoms with Gasteiger partial charge in [0.2, 0.25) is 5.91 Å². The maximum Gasteiger partial charge on any atom is 0.315 e. The van der Waals surface area contributed by atoms with E-state index in [1.54, 1.807) is 18.3 Å². The number of rotatable bonds is 7. The highest BCUT2D eigenvalue weighted by atomic mass is 16.5. The Morgan fingerprint density at radius 2 is 1.83 bits per heavy atom. The maximum absolute atomic E-state index is 12.4. The Morgan fingerprint density at radius 3 is 2.70 bits per heavy atom. The first-order chi connectivity index (χ1) is 14.7. The fraction of sp³-hybridized carbons (Fsp3) is 0.136. The number of benzene rings is 2. The molecule has 8 nitrogen and oxygen atoms in total. The first-order valence-corrected chi connectivity index (χ1v) is 9.47. The molecule has 30 heavy (non-hydrogen) atoms. The predicted octanol–water partition coefficient (Wildman–Crippen LogP) is 2.77. The van der Waals surface area contributed by atoms with Crippen LogP contribution >= 0.6 is 0 Å². The lowest BCUT2D eigenvalue weighted by Gasteiger charge is -2.07. The summed E-state index contributed by atoms with van der Waals surface area (Å²) in [6.45, 7) is 0.441. The van der Waals surface area contributed by atoms with Crippen LogP contribution in [0.15, 0.2) is 71.4 Å². The van der Waals surface area contributed by atoms with E-state index in [1.165, 1.54) is 0 Å². The molecule has 2 aromatic heterocycles. The predicted molar refractivity (Wildman–Crippen MR) is 111 cm³/mol. The average Bonchev–Trinajstić information content (AvgIpc) is 3.23. The van der Waals surface area contributed by atoms with Crippen LogP contribution in [-0.4, -0.2) is 33.5 Å². The van der Waals surface area contributed by atoms with Crippen molar-refractivity contribution >= 4 is 28.4 Å². The van der Waals surface area contributed by atoms with E-state index in [2.05, 4.69) is 25.8 Å². The number of carbonyl (C=O) groups is 2. The van der Waals surface area contributed by atoms with Crippen LogP contribution in [0.5, 0.6) is 0 Å². The number of nitrogens with one attached hydrogen (secondary N) is 2. The molecule has 0 aliphatic rings. The van der Waals surface area contributed by atoms with Gasteiger partial charge in [0.15, 0.2) is 5.82 Å². The van der Waals surface area contributed by atoms with Gasteiger partial charge in [-0.1, -0.05) is 41.6 Å². The minimum Gasteiger partial charge on any atom is -0.347 e. The molecule has 2 heterocycles. The molecule has 0 atom stereocenters. The van der Waals surface area contributed by atoms with Gasteiger partial charge in [0.25, 0.3) is 0 Å². The molecule has 0 aliphatic carbocycles. The number of hydrogen-bond acceptors (Lipinski definition) is 6. The second-order valence-corrected chi connectivity index (χ2v) is 6.61. The molecule has 0 aliphatic heterocycles. The Bertz CT molecular complexity index is 1170. The van der Waals surface area contributed by atoms with E-state index in [1.807, 2.05) is 48.5 Å². The van der Waals surface area contributed by atoms with Gasteiger partial charge >= 0.3 is 11.8 Å². The summed E-state index contributed by atoms with van der Waals surface area (Å²) >= 11 is 0. The fourth-order valence-electron chi connectivity index (χ4n) is 3.01. The Hall–Kier alpha value is -4.07. The van der Waals surface area contributed by atoms with Gasteiger partial charge in [-0.3, -0.25) is 14.6 Å². The highest BCUT2D eigenvalue weighted by Gasteiger charge is 2.17. The van der Waals surface area contributed by atoms with Crippen molar-refractivity contribution in [3.63, 3.8) is 0 Å². The molecule has 0 saturated heterocycles. The van der Waals surface area contributed by atoms with Gasteiger partial charge in [-0.25, -0.2) is 0 Å². The first-order valence-electron chi connectivity index (χ1n) is 9.47. The van der Waals surface area contributed by atoms with Gasteiger partial charge in [-0.2, -0.15) is 4.98 Å². The Kier molecular flexibility index (Phi) is 5.75. The number of fused-ring (bicyclic) bond motifs is 1. The molecule has 0 unspecified atom stereocenters. The number of amides is 2. The number of anilines is 1. The normalized spacial score (nSPS) is 10.7. The lowest BCUT2D eigenvalue weighted by Crippen LogP contribution is -2.26. The van der Waals surface area contributed by atoms with Crippen LogP contribution in [0, 0.1) is 0 Å². The van der Waals surface area contributed by atoms with Crippen molar-refractivity contribution in [2.24, 2.45) is 0 Å². The first kappa shape index (κ1) is 19.3. The molecule has 2 aromatic carbocycles. The lowest BCUT2D eigenvalue weighted by atomic mass is 10.1. The fourth-order valence-corrected chi connectivity index (χ4v) is 3.01. The zero-order valence-electron chi connectivity index (χ0n) is 16.0. The molecule has 2 N–H and O–H groups in total. The topological polar surface area (TPSA) is 110 Å². The smallest absolute Gasteiger partial charge is 0.315 e.